The van der Waals surface area contributed by atoms with Crippen LogP contribution in [0.3, 0.4) is 0 Å². The standard InChI is InChI=1S/C13H10F3NOS/c1-18-11-6-13(9(16)5-10(11)17)19-12-3-2-7(14)4-8(12)15/h2-6H,17H2,1H3. The van der Waals surface area contributed by atoms with Crippen LogP contribution < -0.4 is 10.5 Å². The van der Waals surface area contributed by atoms with Gasteiger partial charge in [-0.15, -0.1) is 0 Å². The highest BCUT2D eigenvalue weighted by atomic mass is 32.2. The van der Waals surface area contributed by atoms with Crippen LogP contribution in [-0.2, 0) is 0 Å². The molecule has 0 spiro atoms. The summed E-state index contributed by atoms with van der Waals surface area (Å²) >= 11 is 0.836. The summed E-state index contributed by atoms with van der Waals surface area (Å²) in [4.78, 5) is 0.267. The van der Waals surface area contributed by atoms with Crippen molar-refractivity contribution >= 4 is 17.4 Å². The second-order valence-electron chi connectivity index (χ2n) is 3.70. The average Bonchev–Trinajstić information content (AvgIpc) is 2.35. The summed E-state index contributed by atoms with van der Waals surface area (Å²) in [5, 5.41) is 0. The smallest absolute Gasteiger partial charge is 0.143 e. The zero-order valence-electron chi connectivity index (χ0n) is 9.91. The van der Waals surface area contributed by atoms with Crippen LogP contribution in [0.2, 0.25) is 0 Å². The molecule has 2 rings (SSSR count). The lowest BCUT2D eigenvalue weighted by Gasteiger charge is -2.09. The van der Waals surface area contributed by atoms with Crippen LogP contribution in [0.4, 0.5) is 18.9 Å². The fourth-order valence-electron chi connectivity index (χ4n) is 1.48. The fourth-order valence-corrected chi connectivity index (χ4v) is 2.33. The highest BCUT2D eigenvalue weighted by Crippen LogP contribution is 2.36. The SMILES string of the molecule is COc1cc(Sc2ccc(F)cc2F)c(F)cc1N. The molecule has 0 saturated heterocycles. The van der Waals surface area contributed by atoms with Gasteiger partial charge in [-0.25, -0.2) is 13.2 Å². The van der Waals surface area contributed by atoms with Crippen LogP contribution in [0.5, 0.6) is 5.75 Å². The van der Waals surface area contributed by atoms with Crippen LogP contribution in [0.1, 0.15) is 0 Å². The highest BCUT2D eigenvalue weighted by Gasteiger charge is 2.12. The minimum absolute atomic E-state index is 0.118. The number of hydrogen-bond donors (Lipinski definition) is 1. The summed E-state index contributed by atoms with van der Waals surface area (Å²) < 4.78 is 44.9. The van der Waals surface area contributed by atoms with Crippen molar-refractivity contribution in [1.29, 1.82) is 0 Å². The first-order valence-corrected chi connectivity index (χ1v) is 6.09. The fraction of sp³-hybridized carbons (Fsp3) is 0.0769. The minimum Gasteiger partial charge on any atom is -0.495 e. The summed E-state index contributed by atoms with van der Waals surface area (Å²) in [6.45, 7) is 0. The highest BCUT2D eigenvalue weighted by molar-refractivity contribution is 7.99. The summed E-state index contributed by atoms with van der Waals surface area (Å²) in [6, 6.07) is 5.57. The first-order chi connectivity index (χ1) is 9.01. The molecule has 2 nitrogen and oxygen atoms in total. The molecule has 100 valence electrons. The van der Waals surface area contributed by atoms with Crippen molar-refractivity contribution in [2.75, 3.05) is 12.8 Å². The van der Waals surface area contributed by atoms with Crippen molar-refractivity contribution in [1.82, 2.24) is 0 Å². The Labute approximate surface area is 112 Å². The van der Waals surface area contributed by atoms with Crippen molar-refractivity contribution in [2.45, 2.75) is 9.79 Å². The predicted octanol–water partition coefficient (Wildman–Crippen LogP) is 3.85. The van der Waals surface area contributed by atoms with Gasteiger partial charge >= 0.3 is 0 Å². The van der Waals surface area contributed by atoms with Gasteiger partial charge in [-0.05, 0) is 18.2 Å². The third-order valence-corrected chi connectivity index (χ3v) is 3.48. The van der Waals surface area contributed by atoms with Gasteiger partial charge < -0.3 is 10.5 Å². The van der Waals surface area contributed by atoms with Gasteiger partial charge in [-0.1, -0.05) is 11.8 Å². The van der Waals surface area contributed by atoms with E-state index in [1.54, 1.807) is 0 Å². The Hall–Kier alpha value is -1.82. The normalized spacial score (nSPS) is 10.5. The number of nitrogens with two attached hydrogens (primary N) is 1. The summed E-state index contributed by atoms with van der Waals surface area (Å²) in [5.74, 6) is -1.73. The number of methoxy groups -OCH3 is 1. The van der Waals surface area contributed by atoms with Crippen molar-refractivity contribution in [2.24, 2.45) is 0 Å². The molecule has 0 aliphatic heterocycles. The van der Waals surface area contributed by atoms with Gasteiger partial charge in [0.2, 0.25) is 0 Å². The lowest BCUT2D eigenvalue weighted by atomic mass is 10.3. The number of hydrogen-bond acceptors (Lipinski definition) is 3. The molecule has 0 bridgehead atoms. The summed E-state index contributed by atoms with van der Waals surface area (Å²) in [5.41, 5.74) is 5.70. The molecule has 2 aromatic rings. The van der Waals surface area contributed by atoms with Crippen molar-refractivity contribution in [3.63, 3.8) is 0 Å². The van der Waals surface area contributed by atoms with Gasteiger partial charge in [-0.2, -0.15) is 0 Å². The predicted molar refractivity (Wildman–Crippen MR) is 67.8 cm³/mol. The average molecular weight is 285 g/mol. The topological polar surface area (TPSA) is 35.2 Å². The summed E-state index contributed by atoms with van der Waals surface area (Å²) in [6.07, 6.45) is 0. The van der Waals surface area contributed by atoms with E-state index >= 15 is 0 Å². The van der Waals surface area contributed by atoms with E-state index in [4.69, 9.17) is 10.5 Å². The van der Waals surface area contributed by atoms with Gasteiger partial charge in [-0.3, -0.25) is 0 Å². The van der Waals surface area contributed by atoms with E-state index in [1.807, 2.05) is 0 Å². The van der Waals surface area contributed by atoms with Crippen molar-refractivity contribution in [3.05, 3.63) is 47.8 Å². The summed E-state index contributed by atoms with van der Waals surface area (Å²) in [7, 11) is 1.40. The lowest BCUT2D eigenvalue weighted by molar-refractivity contribution is 0.414. The van der Waals surface area contributed by atoms with Crippen LogP contribution >= 0.6 is 11.8 Å². The van der Waals surface area contributed by atoms with Crippen LogP contribution in [0.25, 0.3) is 0 Å². The van der Waals surface area contributed by atoms with E-state index in [9.17, 15) is 13.2 Å². The zero-order valence-corrected chi connectivity index (χ0v) is 10.7. The number of halogens is 3. The molecule has 19 heavy (non-hydrogen) atoms. The molecule has 2 N–H and O–H groups in total. The van der Waals surface area contributed by atoms with Gasteiger partial charge in [0.25, 0.3) is 0 Å². The van der Waals surface area contributed by atoms with E-state index in [0.717, 1.165) is 30.0 Å². The van der Waals surface area contributed by atoms with Crippen molar-refractivity contribution < 1.29 is 17.9 Å². The Morgan fingerprint density at radius 2 is 1.68 bits per heavy atom. The molecule has 2 aromatic carbocycles. The Balaban J connectivity index is 2.37. The minimum atomic E-state index is -0.750. The molecule has 0 aliphatic carbocycles. The maximum absolute atomic E-state index is 13.7. The number of anilines is 1. The van der Waals surface area contributed by atoms with E-state index in [2.05, 4.69) is 0 Å². The second kappa shape index (κ2) is 5.44. The molecule has 6 heteroatoms. The van der Waals surface area contributed by atoms with Crippen LogP contribution in [-0.4, -0.2) is 7.11 Å². The largest absolute Gasteiger partial charge is 0.495 e. The van der Waals surface area contributed by atoms with Gasteiger partial charge in [0.1, 0.15) is 23.2 Å². The third-order valence-electron chi connectivity index (χ3n) is 2.40. The molecule has 0 saturated carbocycles. The maximum Gasteiger partial charge on any atom is 0.143 e. The van der Waals surface area contributed by atoms with Gasteiger partial charge in [0.15, 0.2) is 0 Å². The quantitative estimate of drug-likeness (QED) is 0.870. The third kappa shape index (κ3) is 2.96. The number of benzene rings is 2. The Morgan fingerprint density at radius 1 is 1.00 bits per heavy atom. The van der Waals surface area contributed by atoms with E-state index in [0.29, 0.717) is 5.75 Å². The van der Waals surface area contributed by atoms with E-state index in [-0.39, 0.29) is 15.5 Å². The van der Waals surface area contributed by atoms with E-state index in [1.165, 1.54) is 19.2 Å². The molecule has 0 aliphatic rings. The monoisotopic (exact) mass is 285 g/mol. The van der Waals surface area contributed by atoms with Gasteiger partial charge in [0.05, 0.1) is 17.7 Å². The molecular weight excluding hydrogens is 275 g/mol. The Bertz CT molecular complexity index is 619. The molecule has 0 radical (unpaired) electrons. The molecule has 0 aromatic heterocycles. The molecule has 0 atom stereocenters. The molecular formula is C13H10F3NOS. The zero-order chi connectivity index (χ0) is 14.0. The molecule has 0 unspecified atom stereocenters. The first kappa shape index (κ1) is 13.6. The first-order valence-electron chi connectivity index (χ1n) is 5.27. The Morgan fingerprint density at radius 3 is 2.32 bits per heavy atom. The number of ether oxygens (including phenoxy) is 1. The molecule has 0 amide bonds. The second-order valence-corrected chi connectivity index (χ2v) is 4.79. The van der Waals surface area contributed by atoms with Crippen molar-refractivity contribution in [3.8, 4) is 5.75 Å². The van der Waals surface area contributed by atoms with Gasteiger partial charge in [0, 0.05) is 17.0 Å². The molecule has 0 fully saturated rings. The van der Waals surface area contributed by atoms with Crippen LogP contribution in [0.15, 0.2) is 40.1 Å². The maximum atomic E-state index is 13.7. The van der Waals surface area contributed by atoms with E-state index < -0.39 is 17.5 Å². The lowest BCUT2D eigenvalue weighted by Crippen LogP contribution is -1.95. The van der Waals surface area contributed by atoms with Crippen LogP contribution in [0, 0.1) is 17.5 Å². The molecule has 0 heterocycles. The Kier molecular flexibility index (Phi) is 3.90. The number of nitrogen functional groups attached to an aromatic ring is 1. The number of rotatable bonds is 3.